The topological polar surface area (TPSA) is 56.5 Å². The van der Waals surface area contributed by atoms with Crippen molar-refractivity contribution in [2.24, 2.45) is 0 Å². The maximum Gasteiger partial charge on any atom is 0.360 e. The Morgan fingerprint density at radius 2 is 2.40 bits per heavy atom. The maximum atomic E-state index is 11.4. The van der Waals surface area contributed by atoms with E-state index in [9.17, 15) is 4.79 Å². The van der Waals surface area contributed by atoms with Crippen molar-refractivity contribution in [3.63, 3.8) is 0 Å². The van der Waals surface area contributed by atoms with Crippen molar-refractivity contribution >= 4 is 23.2 Å². The molecule has 2 heterocycles. The predicted molar refractivity (Wildman–Crippen MR) is 54.0 cm³/mol. The van der Waals surface area contributed by atoms with E-state index in [1.807, 2.05) is 0 Å². The van der Waals surface area contributed by atoms with E-state index in [1.165, 1.54) is 16.9 Å². The molecule has 78 valence electrons. The highest BCUT2D eigenvalue weighted by Gasteiger charge is 2.16. The van der Waals surface area contributed by atoms with Crippen LogP contribution in [0.15, 0.2) is 18.6 Å². The Bertz CT molecular complexity index is 509. The van der Waals surface area contributed by atoms with Crippen molar-refractivity contribution in [2.75, 3.05) is 6.61 Å². The van der Waals surface area contributed by atoms with Crippen molar-refractivity contribution in [1.82, 2.24) is 14.4 Å². The molecule has 6 heteroatoms. The molecule has 5 nitrogen and oxygen atoms in total. The van der Waals surface area contributed by atoms with Crippen molar-refractivity contribution in [3.8, 4) is 0 Å². The summed E-state index contributed by atoms with van der Waals surface area (Å²) in [6, 6.07) is 1.62. The third-order valence-corrected chi connectivity index (χ3v) is 2.16. The van der Waals surface area contributed by atoms with E-state index in [4.69, 9.17) is 16.3 Å². The number of nitrogens with zero attached hydrogens (tertiary/aromatic N) is 3. The number of imidazole rings is 1. The normalized spacial score (nSPS) is 10.5. The minimum absolute atomic E-state index is 0.180. The summed E-state index contributed by atoms with van der Waals surface area (Å²) in [6.07, 6.45) is 2.96. The fraction of sp³-hybridized carbons (Fsp3) is 0.222. The monoisotopic (exact) mass is 225 g/mol. The maximum absolute atomic E-state index is 11.4. The average molecular weight is 226 g/mol. The van der Waals surface area contributed by atoms with E-state index in [0.717, 1.165) is 0 Å². The van der Waals surface area contributed by atoms with Gasteiger partial charge in [-0.2, -0.15) is 0 Å². The molecular weight excluding hydrogens is 218 g/mol. The lowest BCUT2D eigenvalue weighted by atomic mass is 10.4. The molecule has 0 aliphatic rings. The van der Waals surface area contributed by atoms with Crippen LogP contribution in [-0.2, 0) is 4.74 Å². The molecule has 0 saturated heterocycles. The molecule has 0 fully saturated rings. The molecule has 0 aromatic carbocycles. The first-order chi connectivity index (χ1) is 7.24. The molecule has 0 bridgehead atoms. The summed E-state index contributed by atoms with van der Waals surface area (Å²) in [5.74, 6) is -0.491. The number of ether oxygens (including phenoxy) is 1. The fourth-order valence-electron chi connectivity index (χ4n) is 1.21. The summed E-state index contributed by atoms with van der Waals surface area (Å²) in [4.78, 5) is 19.4. The van der Waals surface area contributed by atoms with Gasteiger partial charge in [0.15, 0.2) is 11.3 Å². The number of carbonyl (C=O) groups excluding carboxylic acids is 1. The highest BCUT2D eigenvalue weighted by atomic mass is 35.5. The summed E-state index contributed by atoms with van der Waals surface area (Å²) >= 11 is 5.88. The standard InChI is InChI=1S/C9H8ClN3O2/c1-2-15-9(14)7-8-11-4-3-6(10)13(8)5-12-7/h3-5H,2H2,1H3. The highest BCUT2D eigenvalue weighted by Crippen LogP contribution is 2.13. The van der Waals surface area contributed by atoms with E-state index >= 15 is 0 Å². The Morgan fingerprint density at radius 3 is 3.13 bits per heavy atom. The van der Waals surface area contributed by atoms with Crippen LogP contribution in [-0.4, -0.2) is 26.9 Å². The van der Waals surface area contributed by atoms with Gasteiger partial charge in [0.1, 0.15) is 11.5 Å². The lowest BCUT2D eigenvalue weighted by Crippen LogP contribution is -2.06. The van der Waals surface area contributed by atoms with Gasteiger partial charge in [-0.3, -0.25) is 4.40 Å². The molecule has 0 N–H and O–H groups in total. The second kappa shape index (κ2) is 3.86. The van der Waals surface area contributed by atoms with Gasteiger partial charge >= 0.3 is 5.97 Å². The second-order valence-corrected chi connectivity index (χ2v) is 3.16. The van der Waals surface area contributed by atoms with Crippen LogP contribution in [0.3, 0.4) is 0 Å². The molecule has 0 atom stereocenters. The largest absolute Gasteiger partial charge is 0.461 e. The number of esters is 1. The third-order valence-electron chi connectivity index (χ3n) is 1.85. The van der Waals surface area contributed by atoms with Gasteiger partial charge < -0.3 is 4.74 Å². The fourth-order valence-corrected chi connectivity index (χ4v) is 1.39. The van der Waals surface area contributed by atoms with Gasteiger partial charge in [-0.05, 0) is 13.0 Å². The first-order valence-electron chi connectivity index (χ1n) is 4.38. The van der Waals surface area contributed by atoms with Crippen LogP contribution < -0.4 is 0 Å². The van der Waals surface area contributed by atoms with Gasteiger partial charge in [-0.15, -0.1) is 0 Å². The van der Waals surface area contributed by atoms with Crippen LogP contribution in [0.1, 0.15) is 17.4 Å². The molecule has 0 aliphatic carbocycles. The number of fused-ring (bicyclic) bond motifs is 1. The van der Waals surface area contributed by atoms with Crippen LogP contribution in [0.5, 0.6) is 0 Å². The predicted octanol–water partition coefficient (Wildman–Crippen LogP) is 1.56. The number of rotatable bonds is 2. The Morgan fingerprint density at radius 1 is 1.60 bits per heavy atom. The Labute approximate surface area is 90.7 Å². The first-order valence-corrected chi connectivity index (χ1v) is 4.76. The van der Waals surface area contributed by atoms with Gasteiger partial charge in [-0.1, -0.05) is 11.6 Å². The molecule has 0 saturated carbocycles. The first kappa shape index (κ1) is 9.92. The van der Waals surface area contributed by atoms with Crippen LogP contribution in [0.2, 0.25) is 5.15 Å². The van der Waals surface area contributed by atoms with E-state index < -0.39 is 5.97 Å². The summed E-state index contributed by atoms with van der Waals surface area (Å²) in [6.45, 7) is 2.04. The summed E-state index contributed by atoms with van der Waals surface area (Å²) < 4.78 is 6.36. The van der Waals surface area contributed by atoms with Crippen molar-refractivity contribution < 1.29 is 9.53 Å². The molecule has 15 heavy (non-hydrogen) atoms. The van der Waals surface area contributed by atoms with E-state index in [1.54, 1.807) is 13.0 Å². The molecular formula is C9H8ClN3O2. The zero-order chi connectivity index (χ0) is 10.8. The van der Waals surface area contributed by atoms with E-state index in [2.05, 4.69) is 9.97 Å². The van der Waals surface area contributed by atoms with E-state index in [-0.39, 0.29) is 5.69 Å². The minimum atomic E-state index is -0.491. The van der Waals surface area contributed by atoms with Crippen molar-refractivity contribution in [2.45, 2.75) is 6.92 Å². The molecule has 0 aliphatic heterocycles. The number of halogens is 1. The number of carbonyl (C=O) groups is 1. The minimum Gasteiger partial charge on any atom is -0.461 e. The van der Waals surface area contributed by atoms with Gasteiger partial charge in [0, 0.05) is 6.20 Å². The molecule has 2 rings (SSSR count). The Balaban J connectivity index is 2.54. The summed E-state index contributed by atoms with van der Waals surface area (Å²) in [5.41, 5.74) is 0.584. The van der Waals surface area contributed by atoms with Crippen LogP contribution in [0.25, 0.3) is 5.65 Å². The Kier molecular flexibility index (Phi) is 2.55. The molecule has 0 amide bonds. The number of hydrogen-bond acceptors (Lipinski definition) is 4. The average Bonchev–Trinajstić information content (AvgIpc) is 2.63. The lowest BCUT2D eigenvalue weighted by molar-refractivity contribution is 0.0522. The highest BCUT2D eigenvalue weighted by molar-refractivity contribution is 6.29. The van der Waals surface area contributed by atoms with Crippen LogP contribution >= 0.6 is 11.6 Å². The molecule has 0 unspecified atom stereocenters. The van der Waals surface area contributed by atoms with E-state index in [0.29, 0.717) is 17.4 Å². The quantitative estimate of drug-likeness (QED) is 0.575. The smallest absolute Gasteiger partial charge is 0.360 e. The van der Waals surface area contributed by atoms with Gasteiger partial charge in [0.25, 0.3) is 0 Å². The van der Waals surface area contributed by atoms with Gasteiger partial charge in [-0.25, -0.2) is 14.8 Å². The molecule has 0 spiro atoms. The van der Waals surface area contributed by atoms with Crippen molar-refractivity contribution in [3.05, 3.63) is 29.4 Å². The zero-order valence-electron chi connectivity index (χ0n) is 7.98. The third kappa shape index (κ3) is 1.66. The van der Waals surface area contributed by atoms with Gasteiger partial charge in [0.05, 0.1) is 6.61 Å². The van der Waals surface area contributed by atoms with Crippen molar-refractivity contribution in [1.29, 1.82) is 0 Å². The van der Waals surface area contributed by atoms with Gasteiger partial charge in [0.2, 0.25) is 0 Å². The second-order valence-electron chi connectivity index (χ2n) is 2.77. The Hall–Kier alpha value is -1.62. The number of hydrogen-bond donors (Lipinski definition) is 0. The SMILES string of the molecule is CCOC(=O)c1ncn2c(Cl)ccnc12. The van der Waals surface area contributed by atoms with Crippen LogP contribution in [0.4, 0.5) is 0 Å². The lowest BCUT2D eigenvalue weighted by Gasteiger charge is -1.98. The zero-order valence-corrected chi connectivity index (χ0v) is 8.73. The molecule has 2 aromatic heterocycles. The molecule has 0 radical (unpaired) electrons. The summed E-state index contributed by atoms with van der Waals surface area (Å²) in [5, 5.41) is 0.447. The number of aromatic nitrogens is 3. The van der Waals surface area contributed by atoms with Crippen LogP contribution in [0, 0.1) is 0 Å². The molecule has 2 aromatic rings. The summed E-state index contributed by atoms with van der Waals surface area (Å²) in [7, 11) is 0.